The van der Waals surface area contributed by atoms with Crippen molar-refractivity contribution in [2.24, 2.45) is 0 Å². The van der Waals surface area contributed by atoms with Crippen molar-refractivity contribution >= 4 is 5.91 Å². The molecule has 1 saturated carbocycles. The van der Waals surface area contributed by atoms with Crippen molar-refractivity contribution < 1.29 is 4.79 Å². The van der Waals surface area contributed by atoms with Crippen molar-refractivity contribution in [3.63, 3.8) is 0 Å². The number of rotatable bonds is 5. The standard InChI is InChI=1S/C16H22N2O/c19-16(18-13-8-9-13)10-11-17-15-7-3-5-12-4-1-2-6-14(12)15/h1-2,4,6,13,15,17H,3,5,7-11H2,(H,18,19). The molecule has 3 rings (SSSR count). The molecule has 102 valence electrons. The molecule has 2 aliphatic carbocycles. The van der Waals surface area contributed by atoms with Crippen molar-refractivity contribution in [2.45, 2.75) is 50.6 Å². The lowest BCUT2D eigenvalue weighted by Crippen LogP contribution is -2.31. The molecule has 1 aromatic carbocycles. The first-order valence-corrected chi connectivity index (χ1v) is 7.43. The van der Waals surface area contributed by atoms with E-state index < -0.39 is 0 Å². The number of benzene rings is 1. The molecule has 2 N–H and O–H groups in total. The van der Waals surface area contributed by atoms with Crippen LogP contribution >= 0.6 is 0 Å². The quantitative estimate of drug-likeness (QED) is 0.851. The van der Waals surface area contributed by atoms with Crippen LogP contribution < -0.4 is 10.6 Å². The summed E-state index contributed by atoms with van der Waals surface area (Å²) in [5.41, 5.74) is 2.89. The molecule has 3 nitrogen and oxygen atoms in total. The summed E-state index contributed by atoms with van der Waals surface area (Å²) in [5.74, 6) is 0.194. The van der Waals surface area contributed by atoms with E-state index in [9.17, 15) is 4.79 Å². The molecular formula is C16H22N2O. The summed E-state index contributed by atoms with van der Waals surface area (Å²) in [4.78, 5) is 11.6. The highest BCUT2D eigenvalue weighted by Crippen LogP contribution is 2.29. The lowest BCUT2D eigenvalue weighted by molar-refractivity contribution is -0.121. The SMILES string of the molecule is O=C(CCNC1CCCc2ccccc21)NC1CC1. The van der Waals surface area contributed by atoms with Crippen LogP contribution in [0.2, 0.25) is 0 Å². The fourth-order valence-electron chi connectivity index (χ4n) is 2.85. The lowest BCUT2D eigenvalue weighted by Gasteiger charge is -2.26. The molecule has 0 aliphatic heterocycles. The molecule has 3 heteroatoms. The molecule has 0 radical (unpaired) electrons. The molecule has 1 aromatic rings. The van der Waals surface area contributed by atoms with E-state index >= 15 is 0 Å². The molecule has 2 aliphatic rings. The number of hydrogen-bond acceptors (Lipinski definition) is 2. The first-order chi connectivity index (χ1) is 9.33. The molecule has 1 unspecified atom stereocenters. The Morgan fingerprint density at radius 3 is 2.89 bits per heavy atom. The van der Waals surface area contributed by atoms with Gasteiger partial charge >= 0.3 is 0 Å². The van der Waals surface area contributed by atoms with Crippen LogP contribution in [0.1, 0.15) is 49.3 Å². The van der Waals surface area contributed by atoms with Crippen LogP contribution in [0.4, 0.5) is 0 Å². The van der Waals surface area contributed by atoms with Crippen LogP contribution in [0.25, 0.3) is 0 Å². The summed E-state index contributed by atoms with van der Waals surface area (Å²) >= 11 is 0. The highest BCUT2D eigenvalue weighted by molar-refractivity contribution is 5.76. The third kappa shape index (κ3) is 3.35. The summed E-state index contributed by atoms with van der Waals surface area (Å²) < 4.78 is 0. The van der Waals surface area contributed by atoms with Crippen LogP contribution in [0.15, 0.2) is 24.3 Å². The number of aryl methyl sites for hydroxylation is 1. The van der Waals surface area contributed by atoms with Gasteiger partial charge in [-0.1, -0.05) is 24.3 Å². The number of amides is 1. The minimum absolute atomic E-state index is 0.194. The van der Waals surface area contributed by atoms with E-state index in [1.165, 1.54) is 30.4 Å². The van der Waals surface area contributed by atoms with Gasteiger partial charge in [-0.25, -0.2) is 0 Å². The van der Waals surface area contributed by atoms with E-state index in [-0.39, 0.29) is 5.91 Å². The Labute approximate surface area is 114 Å². The molecule has 1 atom stereocenters. The van der Waals surface area contributed by atoms with E-state index in [1.807, 2.05) is 0 Å². The van der Waals surface area contributed by atoms with Gasteiger partial charge in [-0.2, -0.15) is 0 Å². The van der Waals surface area contributed by atoms with E-state index in [4.69, 9.17) is 0 Å². The zero-order chi connectivity index (χ0) is 13.1. The van der Waals surface area contributed by atoms with Crippen LogP contribution in [0.3, 0.4) is 0 Å². The zero-order valence-electron chi connectivity index (χ0n) is 11.3. The van der Waals surface area contributed by atoms with Crippen molar-refractivity contribution in [2.75, 3.05) is 6.54 Å². The molecule has 0 saturated heterocycles. The molecular weight excluding hydrogens is 236 g/mol. The fraction of sp³-hybridized carbons (Fsp3) is 0.562. The van der Waals surface area contributed by atoms with E-state index in [0.717, 1.165) is 19.4 Å². The van der Waals surface area contributed by atoms with E-state index in [2.05, 4.69) is 34.9 Å². The second kappa shape index (κ2) is 5.74. The Bertz CT molecular complexity index is 454. The number of fused-ring (bicyclic) bond motifs is 1. The third-order valence-electron chi connectivity index (χ3n) is 4.05. The van der Waals surface area contributed by atoms with Crippen molar-refractivity contribution in [3.05, 3.63) is 35.4 Å². The predicted molar refractivity (Wildman–Crippen MR) is 75.9 cm³/mol. The van der Waals surface area contributed by atoms with Gasteiger partial charge in [-0.15, -0.1) is 0 Å². The minimum Gasteiger partial charge on any atom is -0.353 e. The van der Waals surface area contributed by atoms with Crippen molar-refractivity contribution in [1.82, 2.24) is 10.6 Å². The highest BCUT2D eigenvalue weighted by atomic mass is 16.1. The highest BCUT2D eigenvalue weighted by Gasteiger charge is 2.23. The second-order valence-corrected chi connectivity index (χ2v) is 5.69. The summed E-state index contributed by atoms with van der Waals surface area (Å²) in [6.07, 6.45) is 6.53. The van der Waals surface area contributed by atoms with Crippen molar-refractivity contribution in [1.29, 1.82) is 0 Å². The molecule has 0 heterocycles. The summed E-state index contributed by atoms with van der Waals surface area (Å²) in [6, 6.07) is 9.57. The first-order valence-electron chi connectivity index (χ1n) is 7.43. The number of carbonyl (C=O) groups is 1. The monoisotopic (exact) mass is 258 g/mol. The van der Waals surface area contributed by atoms with Gasteiger partial charge in [0.15, 0.2) is 0 Å². The topological polar surface area (TPSA) is 41.1 Å². The maximum absolute atomic E-state index is 11.6. The van der Waals surface area contributed by atoms with Gasteiger partial charge in [0.1, 0.15) is 0 Å². The Hall–Kier alpha value is -1.35. The first kappa shape index (κ1) is 12.7. The van der Waals surface area contributed by atoms with Crippen molar-refractivity contribution in [3.8, 4) is 0 Å². The van der Waals surface area contributed by atoms with Gasteiger partial charge in [-0.3, -0.25) is 4.79 Å². The fourth-order valence-corrected chi connectivity index (χ4v) is 2.85. The minimum atomic E-state index is 0.194. The van der Waals surface area contributed by atoms with Gasteiger partial charge in [0, 0.05) is 25.0 Å². The lowest BCUT2D eigenvalue weighted by atomic mass is 9.88. The van der Waals surface area contributed by atoms with Gasteiger partial charge in [-0.05, 0) is 43.2 Å². The molecule has 1 amide bonds. The number of nitrogens with one attached hydrogen (secondary N) is 2. The van der Waals surface area contributed by atoms with Crippen LogP contribution in [-0.4, -0.2) is 18.5 Å². The summed E-state index contributed by atoms with van der Waals surface area (Å²) in [5, 5.41) is 6.57. The third-order valence-corrected chi connectivity index (χ3v) is 4.05. The van der Waals surface area contributed by atoms with Gasteiger partial charge < -0.3 is 10.6 Å². The second-order valence-electron chi connectivity index (χ2n) is 5.69. The normalized spacial score (nSPS) is 21.8. The average Bonchev–Trinajstić information content (AvgIpc) is 3.23. The number of hydrogen-bond donors (Lipinski definition) is 2. The van der Waals surface area contributed by atoms with Gasteiger partial charge in [0.05, 0.1) is 0 Å². The largest absolute Gasteiger partial charge is 0.353 e. The zero-order valence-corrected chi connectivity index (χ0v) is 11.3. The van der Waals surface area contributed by atoms with Gasteiger partial charge in [0.2, 0.25) is 5.91 Å². The predicted octanol–water partition coefficient (Wildman–Crippen LogP) is 2.32. The molecule has 0 spiro atoms. The van der Waals surface area contributed by atoms with Crippen LogP contribution in [-0.2, 0) is 11.2 Å². The molecule has 1 fully saturated rings. The Morgan fingerprint density at radius 1 is 1.21 bits per heavy atom. The molecule has 0 bridgehead atoms. The van der Waals surface area contributed by atoms with Gasteiger partial charge in [0.25, 0.3) is 0 Å². The summed E-state index contributed by atoms with van der Waals surface area (Å²) in [6.45, 7) is 0.775. The van der Waals surface area contributed by atoms with Crippen LogP contribution in [0.5, 0.6) is 0 Å². The van der Waals surface area contributed by atoms with E-state index in [0.29, 0.717) is 18.5 Å². The number of carbonyl (C=O) groups excluding carboxylic acids is 1. The van der Waals surface area contributed by atoms with E-state index in [1.54, 1.807) is 0 Å². The Morgan fingerprint density at radius 2 is 2.05 bits per heavy atom. The smallest absolute Gasteiger partial charge is 0.221 e. The van der Waals surface area contributed by atoms with Crippen LogP contribution in [0, 0.1) is 0 Å². The Balaban J connectivity index is 1.49. The summed E-state index contributed by atoms with van der Waals surface area (Å²) in [7, 11) is 0. The molecule has 0 aromatic heterocycles. The Kier molecular flexibility index (Phi) is 3.83. The average molecular weight is 258 g/mol. The maximum Gasteiger partial charge on any atom is 0.221 e. The molecule has 19 heavy (non-hydrogen) atoms. The maximum atomic E-state index is 11.6.